The summed E-state index contributed by atoms with van der Waals surface area (Å²) in [7, 11) is 5.73. The number of nitrogens with zero attached hydrogens (tertiary/aromatic N) is 1. The van der Waals surface area contributed by atoms with Gasteiger partial charge in [0.05, 0.1) is 7.11 Å². The van der Waals surface area contributed by atoms with Gasteiger partial charge in [-0.15, -0.1) is 0 Å². The van der Waals surface area contributed by atoms with Crippen molar-refractivity contribution in [3.05, 3.63) is 71.3 Å². The largest absolute Gasteiger partial charge is 0.496 e. The van der Waals surface area contributed by atoms with Crippen LogP contribution in [0.5, 0.6) is 5.75 Å². The SMILES string of the molecule is COc1ccccc1/C=C1\CC(c2ccccc2)CC(CN(C)C)C1=O. The van der Waals surface area contributed by atoms with E-state index in [9.17, 15) is 4.79 Å². The zero-order valence-corrected chi connectivity index (χ0v) is 15.8. The third kappa shape index (κ3) is 4.23. The van der Waals surface area contributed by atoms with Crippen LogP contribution in [0.25, 0.3) is 6.08 Å². The molecule has 3 rings (SSSR count). The monoisotopic (exact) mass is 349 g/mol. The number of ketones is 1. The Kier molecular flexibility index (Phi) is 5.89. The van der Waals surface area contributed by atoms with Crippen molar-refractivity contribution >= 4 is 11.9 Å². The van der Waals surface area contributed by atoms with Crippen LogP contribution in [0.3, 0.4) is 0 Å². The van der Waals surface area contributed by atoms with Crippen molar-refractivity contribution in [2.24, 2.45) is 5.92 Å². The molecule has 0 N–H and O–H groups in total. The van der Waals surface area contributed by atoms with Gasteiger partial charge in [-0.25, -0.2) is 0 Å². The van der Waals surface area contributed by atoms with Crippen LogP contribution < -0.4 is 4.74 Å². The smallest absolute Gasteiger partial charge is 0.163 e. The minimum atomic E-state index is 0.0323. The Morgan fingerprint density at radius 3 is 2.46 bits per heavy atom. The van der Waals surface area contributed by atoms with Crippen molar-refractivity contribution in [1.82, 2.24) is 4.90 Å². The number of hydrogen-bond acceptors (Lipinski definition) is 3. The molecule has 0 amide bonds. The predicted molar refractivity (Wildman–Crippen MR) is 106 cm³/mol. The molecule has 0 aliphatic heterocycles. The van der Waals surface area contributed by atoms with Crippen LogP contribution >= 0.6 is 0 Å². The summed E-state index contributed by atoms with van der Waals surface area (Å²) >= 11 is 0. The third-order valence-electron chi connectivity index (χ3n) is 5.05. The summed E-state index contributed by atoms with van der Waals surface area (Å²) in [6.07, 6.45) is 3.72. The highest BCUT2D eigenvalue weighted by Gasteiger charge is 2.33. The number of carbonyl (C=O) groups excluding carboxylic acids is 1. The van der Waals surface area contributed by atoms with Gasteiger partial charge in [0.15, 0.2) is 5.78 Å². The van der Waals surface area contributed by atoms with Crippen LogP contribution in [0.4, 0.5) is 0 Å². The minimum absolute atomic E-state index is 0.0323. The van der Waals surface area contributed by atoms with E-state index >= 15 is 0 Å². The zero-order chi connectivity index (χ0) is 18.5. The quantitative estimate of drug-likeness (QED) is 0.749. The first-order valence-corrected chi connectivity index (χ1v) is 9.16. The summed E-state index contributed by atoms with van der Waals surface area (Å²) in [5.74, 6) is 1.49. The van der Waals surface area contributed by atoms with Crippen molar-refractivity contribution in [2.45, 2.75) is 18.8 Å². The first kappa shape index (κ1) is 18.4. The van der Waals surface area contributed by atoms with Gasteiger partial charge in [0.1, 0.15) is 5.75 Å². The van der Waals surface area contributed by atoms with Gasteiger partial charge in [-0.1, -0.05) is 48.5 Å². The number of para-hydroxylation sites is 1. The van der Waals surface area contributed by atoms with Crippen molar-refractivity contribution in [3.8, 4) is 5.75 Å². The topological polar surface area (TPSA) is 29.5 Å². The third-order valence-corrected chi connectivity index (χ3v) is 5.05. The highest BCUT2D eigenvalue weighted by molar-refractivity contribution is 6.02. The Hall–Kier alpha value is -2.39. The molecule has 2 atom stereocenters. The Bertz CT molecular complexity index is 780. The van der Waals surface area contributed by atoms with Crippen molar-refractivity contribution in [1.29, 1.82) is 0 Å². The first-order chi connectivity index (χ1) is 12.6. The van der Waals surface area contributed by atoms with Crippen LogP contribution in [0.1, 0.15) is 29.9 Å². The van der Waals surface area contributed by atoms with Crippen molar-refractivity contribution in [3.63, 3.8) is 0 Å². The van der Waals surface area contributed by atoms with Crippen LogP contribution in [-0.4, -0.2) is 38.4 Å². The standard InChI is InChI=1S/C23H27NO2/c1-24(2)16-21-15-19(17-9-5-4-6-10-17)14-20(23(21)25)13-18-11-7-8-12-22(18)26-3/h4-13,19,21H,14-16H2,1-3H3/b20-13+. The molecule has 136 valence electrons. The molecule has 0 aromatic heterocycles. The van der Waals surface area contributed by atoms with E-state index < -0.39 is 0 Å². The molecule has 2 unspecified atom stereocenters. The molecule has 1 aliphatic carbocycles. The molecule has 1 fully saturated rings. The molecular weight excluding hydrogens is 322 g/mol. The maximum Gasteiger partial charge on any atom is 0.163 e. The van der Waals surface area contributed by atoms with Crippen LogP contribution in [0.2, 0.25) is 0 Å². The molecule has 26 heavy (non-hydrogen) atoms. The number of ether oxygens (including phenoxy) is 1. The molecule has 0 radical (unpaired) electrons. The molecule has 0 heterocycles. The van der Waals surface area contributed by atoms with Gasteiger partial charge in [-0.2, -0.15) is 0 Å². The molecule has 1 aliphatic rings. The average molecular weight is 349 g/mol. The molecule has 0 saturated heterocycles. The van der Waals surface area contributed by atoms with E-state index in [1.165, 1.54) is 5.56 Å². The lowest BCUT2D eigenvalue weighted by molar-refractivity contribution is -0.121. The second-order valence-corrected chi connectivity index (χ2v) is 7.28. The lowest BCUT2D eigenvalue weighted by atomic mass is 9.74. The number of Topliss-reactive ketones (excluding diaryl/α,β-unsaturated/α-hetero) is 1. The van der Waals surface area contributed by atoms with E-state index in [1.807, 2.05) is 50.5 Å². The number of hydrogen-bond donors (Lipinski definition) is 0. The van der Waals surface area contributed by atoms with Gasteiger partial charge in [-0.05, 0) is 56.1 Å². The maximum absolute atomic E-state index is 13.1. The van der Waals surface area contributed by atoms with Crippen molar-refractivity contribution < 1.29 is 9.53 Å². The zero-order valence-electron chi connectivity index (χ0n) is 15.8. The highest BCUT2D eigenvalue weighted by Crippen LogP contribution is 2.38. The number of benzene rings is 2. The van der Waals surface area contributed by atoms with E-state index in [0.29, 0.717) is 5.92 Å². The summed E-state index contributed by atoms with van der Waals surface area (Å²) < 4.78 is 5.46. The molecule has 0 bridgehead atoms. The Morgan fingerprint density at radius 2 is 1.77 bits per heavy atom. The molecule has 2 aromatic carbocycles. The first-order valence-electron chi connectivity index (χ1n) is 9.16. The van der Waals surface area contributed by atoms with E-state index in [4.69, 9.17) is 4.74 Å². The van der Waals surface area contributed by atoms with Gasteiger partial charge < -0.3 is 9.64 Å². The second-order valence-electron chi connectivity index (χ2n) is 7.28. The Labute approximate surface area is 156 Å². The lowest BCUT2D eigenvalue weighted by Gasteiger charge is -2.32. The van der Waals surface area contributed by atoms with Gasteiger partial charge in [0, 0.05) is 18.0 Å². The fourth-order valence-corrected chi connectivity index (χ4v) is 3.84. The Balaban J connectivity index is 1.96. The fraction of sp³-hybridized carbons (Fsp3) is 0.348. The summed E-state index contributed by atoms with van der Waals surface area (Å²) in [4.78, 5) is 15.2. The summed E-state index contributed by atoms with van der Waals surface area (Å²) in [5, 5.41) is 0. The van der Waals surface area contributed by atoms with Gasteiger partial charge in [-0.3, -0.25) is 4.79 Å². The summed E-state index contributed by atoms with van der Waals surface area (Å²) in [6.45, 7) is 0.783. The van der Waals surface area contributed by atoms with Crippen LogP contribution in [0.15, 0.2) is 60.2 Å². The molecule has 0 spiro atoms. The molecule has 2 aromatic rings. The van der Waals surface area contributed by atoms with Gasteiger partial charge >= 0.3 is 0 Å². The number of rotatable bonds is 5. The predicted octanol–water partition coefficient (Wildman–Crippen LogP) is 4.40. The van der Waals surface area contributed by atoms with Gasteiger partial charge in [0.25, 0.3) is 0 Å². The lowest BCUT2D eigenvalue weighted by Crippen LogP contribution is -2.34. The van der Waals surface area contributed by atoms with E-state index in [2.05, 4.69) is 29.2 Å². The number of allylic oxidation sites excluding steroid dienone is 1. The Morgan fingerprint density at radius 1 is 1.08 bits per heavy atom. The summed E-state index contributed by atoms with van der Waals surface area (Å²) in [5.41, 5.74) is 3.19. The second kappa shape index (κ2) is 8.33. The van der Waals surface area contributed by atoms with Crippen LogP contribution in [0, 0.1) is 5.92 Å². The molecular formula is C23H27NO2. The van der Waals surface area contributed by atoms with E-state index in [1.54, 1.807) is 7.11 Å². The molecule has 3 heteroatoms. The van der Waals surface area contributed by atoms with E-state index in [-0.39, 0.29) is 11.7 Å². The maximum atomic E-state index is 13.1. The fourth-order valence-electron chi connectivity index (χ4n) is 3.84. The average Bonchev–Trinajstić information content (AvgIpc) is 2.65. The number of methoxy groups -OCH3 is 1. The van der Waals surface area contributed by atoms with Crippen LogP contribution in [-0.2, 0) is 4.79 Å². The van der Waals surface area contributed by atoms with Crippen molar-refractivity contribution in [2.75, 3.05) is 27.7 Å². The molecule has 3 nitrogen and oxygen atoms in total. The normalized spacial score (nSPS) is 22.0. The summed E-state index contributed by atoms with van der Waals surface area (Å²) in [6, 6.07) is 18.4. The molecule has 1 saturated carbocycles. The number of carbonyl (C=O) groups is 1. The minimum Gasteiger partial charge on any atom is -0.496 e. The highest BCUT2D eigenvalue weighted by atomic mass is 16.5. The van der Waals surface area contributed by atoms with E-state index in [0.717, 1.165) is 36.3 Å². The van der Waals surface area contributed by atoms with Gasteiger partial charge in [0.2, 0.25) is 0 Å².